The first-order valence-corrected chi connectivity index (χ1v) is 8.92. The van der Waals surface area contributed by atoms with Gasteiger partial charge < -0.3 is 4.57 Å². The average molecular weight is 329 g/mol. The molecule has 3 rings (SSSR count). The first kappa shape index (κ1) is 17.3. The Morgan fingerprint density at radius 2 is 1.68 bits per heavy atom. The molecule has 128 valence electrons. The first-order valence-electron chi connectivity index (χ1n) is 8.92. The van der Waals surface area contributed by atoms with E-state index in [4.69, 9.17) is 0 Å². The van der Waals surface area contributed by atoms with E-state index in [1.807, 2.05) is 6.08 Å². The second-order valence-electron chi connectivity index (χ2n) is 7.76. The van der Waals surface area contributed by atoms with E-state index in [-0.39, 0.29) is 0 Å². The highest BCUT2D eigenvalue weighted by Gasteiger charge is 2.15. The molecule has 1 nitrogen and oxygen atoms in total. The van der Waals surface area contributed by atoms with Crippen LogP contribution in [-0.2, 0) is 6.42 Å². The molecule has 0 aliphatic carbocycles. The van der Waals surface area contributed by atoms with Crippen LogP contribution >= 0.6 is 0 Å². The summed E-state index contributed by atoms with van der Waals surface area (Å²) in [4.78, 5) is 0. The van der Waals surface area contributed by atoms with Crippen LogP contribution in [0.15, 0.2) is 61.2 Å². The van der Waals surface area contributed by atoms with Crippen molar-refractivity contribution < 1.29 is 0 Å². The fraction of sp³-hybridized carbons (Fsp3) is 0.250. The molecule has 1 heteroatoms. The molecule has 1 aromatic heterocycles. The van der Waals surface area contributed by atoms with E-state index in [1.54, 1.807) is 0 Å². The number of aromatic nitrogens is 1. The van der Waals surface area contributed by atoms with Crippen molar-refractivity contribution >= 4 is 23.1 Å². The van der Waals surface area contributed by atoms with E-state index in [2.05, 4.69) is 99.5 Å². The third-order valence-electron chi connectivity index (χ3n) is 4.41. The van der Waals surface area contributed by atoms with E-state index in [0.717, 1.165) is 12.1 Å². The molecule has 0 unspecified atom stereocenters. The summed E-state index contributed by atoms with van der Waals surface area (Å²) in [6.45, 7) is 13.0. The predicted octanol–water partition coefficient (Wildman–Crippen LogP) is 6.90. The molecular formula is C24H27N. The molecule has 0 aliphatic heterocycles. The van der Waals surface area contributed by atoms with Gasteiger partial charge in [-0.3, -0.25) is 0 Å². The van der Waals surface area contributed by atoms with Crippen LogP contribution in [0.2, 0.25) is 0 Å². The molecule has 2 aromatic carbocycles. The molecule has 0 fully saturated rings. The van der Waals surface area contributed by atoms with E-state index in [9.17, 15) is 0 Å². The number of hydrogen-bond donors (Lipinski definition) is 0. The van der Waals surface area contributed by atoms with Crippen molar-refractivity contribution in [1.82, 2.24) is 4.57 Å². The molecule has 0 saturated heterocycles. The van der Waals surface area contributed by atoms with Crippen LogP contribution in [0.4, 0.5) is 0 Å². The lowest BCUT2D eigenvalue weighted by Crippen LogP contribution is -2.09. The number of nitrogens with zero attached hydrogens (tertiary/aromatic N) is 1. The fourth-order valence-corrected chi connectivity index (χ4v) is 3.48. The fourth-order valence-electron chi connectivity index (χ4n) is 3.48. The standard InChI is InChI=1S/C24H27N/c1-6-10-20-21-11-8-9-12-23(21)25(22(20)7-2)19-15-13-18(14-16-19)17-24(3,4)5/h6-16H,2,17H2,1,3-5H3/b10-6-. The van der Waals surface area contributed by atoms with Crippen molar-refractivity contribution in [1.29, 1.82) is 0 Å². The zero-order valence-electron chi connectivity index (χ0n) is 15.7. The van der Waals surface area contributed by atoms with Crippen LogP contribution in [0.25, 0.3) is 28.7 Å². The molecule has 0 radical (unpaired) electrons. The Morgan fingerprint density at radius 3 is 2.28 bits per heavy atom. The van der Waals surface area contributed by atoms with E-state index >= 15 is 0 Å². The van der Waals surface area contributed by atoms with Crippen LogP contribution < -0.4 is 0 Å². The maximum absolute atomic E-state index is 4.07. The number of para-hydroxylation sites is 1. The minimum atomic E-state index is 0.299. The molecule has 0 spiro atoms. The van der Waals surface area contributed by atoms with Crippen LogP contribution in [0.3, 0.4) is 0 Å². The highest BCUT2D eigenvalue weighted by Crippen LogP contribution is 2.32. The number of benzene rings is 2. The van der Waals surface area contributed by atoms with Crippen LogP contribution in [0, 0.1) is 5.41 Å². The van der Waals surface area contributed by atoms with Crippen LogP contribution in [-0.4, -0.2) is 4.57 Å². The summed E-state index contributed by atoms with van der Waals surface area (Å²) in [6, 6.07) is 17.5. The van der Waals surface area contributed by atoms with Crippen molar-refractivity contribution in [2.24, 2.45) is 5.41 Å². The maximum atomic E-state index is 4.07. The minimum Gasteiger partial charge on any atom is -0.309 e. The lowest BCUT2D eigenvalue weighted by atomic mass is 9.88. The highest BCUT2D eigenvalue weighted by molar-refractivity contribution is 5.95. The Hall–Kier alpha value is -2.54. The third kappa shape index (κ3) is 3.46. The van der Waals surface area contributed by atoms with E-state index in [1.165, 1.54) is 27.7 Å². The van der Waals surface area contributed by atoms with Crippen molar-refractivity contribution in [2.75, 3.05) is 0 Å². The molecule has 0 saturated carbocycles. The number of allylic oxidation sites excluding steroid dienone is 1. The van der Waals surface area contributed by atoms with Gasteiger partial charge in [-0.2, -0.15) is 0 Å². The number of rotatable bonds is 4. The average Bonchev–Trinajstić information content (AvgIpc) is 2.88. The minimum absolute atomic E-state index is 0.299. The van der Waals surface area contributed by atoms with Gasteiger partial charge in [-0.05, 0) is 48.6 Å². The normalized spacial score (nSPS) is 12.2. The van der Waals surface area contributed by atoms with Gasteiger partial charge in [-0.15, -0.1) is 0 Å². The van der Waals surface area contributed by atoms with Gasteiger partial charge in [-0.1, -0.05) is 69.8 Å². The lowest BCUT2D eigenvalue weighted by molar-refractivity contribution is 0.411. The topological polar surface area (TPSA) is 4.93 Å². The van der Waals surface area contributed by atoms with Crippen molar-refractivity contribution in [2.45, 2.75) is 34.1 Å². The van der Waals surface area contributed by atoms with Gasteiger partial charge >= 0.3 is 0 Å². The van der Waals surface area contributed by atoms with E-state index in [0.29, 0.717) is 5.41 Å². The van der Waals surface area contributed by atoms with Crippen molar-refractivity contribution in [3.8, 4) is 5.69 Å². The van der Waals surface area contributed by atoms with Gasteiger partial charge in [-0.25, -0.2) is 0 Å². The monoisotopic (exact) mass is 329 g/mol. The Morgan fingerprint density at radius 1 is 1.00 bits per heavy atom. The third-order valence-corrected chi connectivity index (χ3v) is 4.41. The molecular weight excluding hydrogens is 302 g/mol. The molecule has 1 heterocycles. The quantitative estimate of drug-likeness (QED) is 0.491. The molecule has 0 N–H and O–H groups in total. The van der Waals surface area contributed by atoms with Gasteiger partial charge in [0.05, 0.1) is 11.2 Å². The Labute approximate surface area is 151 Å². The van der Waals surface area contributed by atoms with Crippen molar-refractivity contribution in [3.05, 3.63) is 78.0 Å². The van der Waals surface area contributed by atoms with Gasteiger partial charge in [0, 0.05) is 16.6 Å². The summed E-state index contributed by atoms with van der Waals surface area (Å²) in [5.74, 6) is 0. The SMILES string of the molecule is C=Cc1c(/C=C\C)c2ccccc2n1-c1ccc(CC(C)(C)C)cc1. The Bertz CT molecular complexity index is 915. The smallest absolute Gasteiger partial charge is 0.0541 e. The van der Waals surface area contributed by atoms with Crippen molar-refractivity contribution in [3.63, 3.8) is 0 Å². The maximum Gasteiger partial charge on any atom is 0.0541 e. The lowest BCUT2D eigenvalue weighted by Gasteiger charge is -2.18. The Kier molecular flexibility index (Phi) is 4.67. The zero-order chi connectivity index (χ0) is 18.0. The van der Waals surface area contributed by atoms with Gasteiger partial charge in [0.15, 0.2) is 0 Å². The second kappa shape index (κ2) is 6.76. The summed E-state index contributed by atoms with van der Waals surface area (Å²) >= 11 is 0. The van der Waals surface area contributed by atoms with Gasteiger partial charge in [0.2, 0.25) is 0 Å². The summed E-state index contributed by atoms with van der Waals surface area (Å²) in [6.07, 6.45) is 7.30. The number of hydrogen-bond acceptors (Lipinski definition) is 0. The first-order chi connectivity index (χ1) is 11.9. The van der Waals surface area contributed by atoms with Crippen LogP contribution in [0.5, 0.6) is 0 Å². The Balaban J connectivity index is 2.17. The summed E-state index contributed by atoms with van der Waals surface area (Å²) in [5, 5.41) is 1.26. The molecule has 0 amide bonds. The van der Waals surface area contributed by atoms with Crippen LogP contribution in [0.1, 0.15) is 44.5 Å². The number of fused-ring (bicyclic) bond motifs is 1. The molecule has 25 heavy (non-hydrogen) atoms. The molecule has 0 bridgehead atoms. The van der Waals surface area contributed by atoms with E-state index < -0.39 is 0 Å². The summed E-state index contributed by atoms with van der Waals surface area (Å²) in [5.41, 5.74) is 6.44. The predicted molar refractivity (Wildman–Crippen MR) is 111 cm³/mol. The molecule has 0 atom stereocenters. The van der Waals surface area contributed by atoms with Gasteiger partial charge in [0.1, 0.15) is 0 Å². The highest BCUT2D eigenvalue weighted by atomic mass is 15.0. The molecule has 3 aromatic rings. The van der Waals surface area contributed by atoms with Gasteiger partial charge in [0.25, 0.3) is 0 Å². The molecule has 0 aliphatic rings. The second-order valence-corrected chi connectivity index (χ2v) is 7.76. The summed E-state index contributed by atoms with van der Waals surface area (Å²) < 4.78 is 2.30. The zero-order valence-corrected chi connectivity index (χ0v) is 15.7. The summed E-state index contributed by atoms with van der Waals surface area (Å²) in [7, 11) is 0. The largest absolute Gasteiger partial charge is 0.309 e.